The Labute approximate surface area is 148 Å². The molecule has 136 valence electrons. The van der Waals surface area contributed by atoms with Crippen LogP contribution in [0.1, 0.15) is 0 Å². The van der Waals surface area contributed by atoms with Gasteiger partial charge in [0.05, 0.1) is 11.2 Å². The van der Waals surface area contributed by atoms with Crippen LogP contribution in [0.15, 0.2) is 58.3 Å². The molecule has 11 heteroatoms. The molecule has 0 heterocycles. The van der Waals surface area contributed by atoms with E-state index in [1.54, 1.807) is 0 Å². The lowest BCUT2D eigenvalue weighted by molar-refractivity contribution is 0.252. The lowest BCUT2D eigenvalue weighted by atomic mass is 10.3. The predicted molar refractivity (Wildman–Crippen MR) is 94.0 cm³/mol. The summed E-state index contributed by atoms with van der Waals surface area (Å²) in [5.41, 5.74) is 0.300. The van der Waals surface area contributed by atoms with Gasteiger partial charge in [-0.05, 0) is 42.5 Å². The van der Waals surface area contributed by atoms with Gasteiger partial charge in [0.15, 0.2) is 0 Å². The molecular weight excluding hydrogens is 394 g/mol. The van der Waals surface area contributed by atoms with E-state index >= 15 is 0 Å². The van der Waals surface area contributed by atoms with E-state index in [-0.39, 0.29) is 16.3 Å². The smallest absolute Gasteiger partial charge is 0.284 e. The van der Waals surface area contributed by atoms with Crippen LogP contribution in [0, 0.1) is 0 Å². The highest BCUT2D eigenvalue weighted by Crippen LogP contribution is 2.27. The third-order valence-electron chi connectivity index (χ3n) is 2.78. The van der Waals surface area contributed by atoms with Gasteiger partial charge in [0.1, 0.15) is 0 Å². The molecule has 0 atom stereocenters. The minimum absolute atomic E-state index is 0.106. The molecule has 0 bridgehead atoms. The van der Waals surface area contributed by atoms with Crippen molar-refractivity contribution in [2.45, 2.75) is 15.5 Å². The van der Waals surface area contributed by atoms with Crippen molar-refractivity contribution >= 4 is 43.2 Å². The molecule has 25 heavy (non-hydrogen) atoms. The molecule has 2 rings (SSSR count). The van der Waals surface area contributed by atoms with Gasteiger partial charge >= 0.3 is 0 Å². The molecule has 0 aliphatic rings. The first-order valence-electron chi connectivity index (χ1n) is 6.71. The van der Waals surface area contributed by atoms with E-state index in [2.05, 4.69) is 9.44 Å². The average molecular weight is 408 g/mol. The van der Waals surface area contributed by atoms with Crippen molar-refractivity contribution in [1.82, 2.24) is 0 Å². The fourth-order valence-corrected chi connectivity index (χ4v) is 4.02. The van der Waals surface area contributed by atoms with Gasteiger partial charge in [-0.15, -0.1) is 0 Å². The zero-order chi connectivity index (χ0) is 18.7. The van der Waals surface area contributed by atoms with Crippen molar-refractivity contribution in [1.29, 1.82) is 0 Å². The molecule has 0 amide bonds. The second-order valence-electron chi connectivity index (χ2n) is 4.91. The van der Waals surface area contributed by atoms with E-state index < -0.39 is 25.8 Å². The highest BCUT2D eigenvalue weighted by atomic mass is 32.2. The van der Waals surface area contributed by atoms with Gasteiger partial charge in [-0.1, -0.05) is 17.8 Å². The standard InChI is InChI=1S/C14H14F2N2O4S3/c1-24(19,20)17-11-3-2-4-13(9-11)25(21,22)18-10-5-7-12(8-6-10)23-14(15)16/h2-9,14,17-18H,1H3. The average Bonchev–Trinajstić information content (AvgIpc) is 2.47. The van der Waals surface area contributed by atoms with Crippen LogP contribution in [-0.4, -0.2) is 28.8 Å². The zero-order valence-corrected chi connectivity index (χ0v) is 15.3. The Hall–Kier alpha value is -1.85. The summed E-state index contributed by atoms with van der Waals surface area (Å²) in [6.45, 7) is 0. The maximum absolute atomic E-state index is 12.4. The first-order valence-corrected chi connectivity index (χ1v) is 11.0. The van der Waals surface area contributed by atoms with Gasteiger partial charge in [-0.25, -0.2) is 16.8 Å². The van der Waals surface area contributed by atoms with Crippen molar-refractivity contribution < 1.29 is 25.6 Å². The molecule has 0 radical (unpaired) electrons. The normalized spacial score (nSPS) is 12.2. The number of halogens is 2. The molecule has 2 aromatic rings. The van der Waals surface area contributed by atoms with E-state index in [0.29, 0.717) is 16.7 Å². The summed E-state index contributed by atoms with van der Waals surface area (Å²) in [6, 6.07) is 10.7. The molecule has 0 spiro atoms. The van der Waals surface area contributed by atoms with E-state index in [4.69, 9.17) is 0 Å². The molecule has 0 fully saturated rings. The first-order chi connectivity index (χ1) is 11.5. The summed E-state index contributed by atoms with van der Waals surface area (Å²) >= 11 is 0.353. The molecule has 0 saturated carbocycles. The van der Waals surface area contributed by atoms with Crippen molar-refractivity contribution in [3.8, 4) is 0 Å². The van der Waals surface area contributed by atoms with Gasteiger partial charge in [0, 0.05) is 16.3 Å². The van der Waals surface area contributed by atoms with Gasteiger partial charge in [0.25, 0.3) is 15.8 Å². The number of thioether (sulfide) groups is 1. The van der Waals surface area contributed by atoms with Crippen LogP contribution in [0.4, 0.5) is 20.2 Å². The van der Waals surface area contributed by atoms with Gasteiger partial charge in [0.2, 0.25) is 10.0 Å². The zero-order valence-electron chi connectivity index (χ0n) is 12.8. The molecule has 0 aromatic heterocycles. The number of sulfonamides is 2. The Morgan fingerprint density at radius 1 is 0.920 bits per heavy atom. The molecule has 6 nitrogen and oxygen atoms in total. The summed E-state index contributed by atoms with van der Waals surface area (Å²) in [7, 11) is -7.51. The fraction of sp³-hybridized carbons (Fsp3) is 0.143. The third kappa shape index (κ3) is 6.18. The predicted octanol–water partition coefficient (Wildman–Crippen LogP) is 3.17. The van der Waals surface area contributed by atoms with Gasteiger partial charge in [-0.2, -0.15) is 8.78 Å². The molecule has 2 aromatic carbocycles. The van der Waals surface area contributed by atoms with Gasteiger partial charge < -0.3 is 0 Å². The molecule has 0 saturated heterocycles. The third-order valence-corrected chi connectivity index (χ3v) is 5.49. The monoisotopic (exact) mass is 408 g/mol. The van der Waals surface area contributed by atoms with Crippen molar-refractivity contribution in [3.05, 3.63) is 48.5 Å². The highest BCUT2D eigenvalue weighted by molar-refractivity contribution is 7.99. The Kier molecular flexibility index (Phi) is 5.91. The molecule has 0 unspecified atom stereocenters. The van der Waals surface area contributed by atoms with Crippen molar-refractivity contribution in [2.24, 2.45) is 0 Å². The lowest BCUT2D eigenvalue weighted by Crippen LogP contribution is -2.14. The summed E-state index contributed by atoms with van der Waals surface area (Å²) in [4.78, 5) is 0.157. The quantitative estimate of drug-likeness (QED) is 0.687. The van der Waals surface area contributed by atoms with Crippen LogP contribution in [0.25, 0.3) is 0 Å². The summed E-state index contributed by atoms with van der Waals surface area (Å²) in [5, 5.41) is 0. The lowest BCUT2D eigenvalue weighted by Gasteiger charge is -2.10. The minimum atomic E-state index is -3.97. The maximum Gasteiger partial charge on any atom is 0.288 e. The van der Waals surface area contributed by atoms with E-state index in [1.165, 1.54) is 48.5 Å². The topological polar surface area (TPSA) is 92.3 Å². The Morgan fingerprint density at radius 2 is 1.56 bits per heavy atom. The second-order valence-corrected chi connectivity index (χ2v) is 9.40. The summed E-state index contributed by atoms with van der Waals surface area (Å²) < 4.78 is 76.2. The molecule has 0 aliphatic carbocycles. The van der Waals surface area contributed by atoms with Crippen LogP contribution in [-0.2, 0) is 20.0 Å². The number of benzene rings is 2. The van der Waals surface area contributed by atoms with Crippen LogP contribution >= 0.6 is 11.8 Å². The number of nitrogens with one attached hydrogen (secondary N) is 2. The van der Waals surface area contributed by atoms with Gasteiger partial charge in [-0.3, -0.25) is 9.44 Å². The van der Waals surface area contributed by atoms with Crippen molar-refractivity contribution in [2.75, 3.05) is 15.7 Å². The Balaban J connectivity index is 2.20. The largest absolute Gasteiger partial charge is 0.288 e. The Bertz CT molecular complexity index is 946. The number of hydrogen-bond donors (Lipinski definition) is 2. The maximum atomic E-state index is 12.4. The number of hydrogen-bond acceptors (Lipinski definition) is 5. The number of rotatable bonds is 7. The minimum Gasteiger partial charge on any atom is -0.284 e. The van der Waals surface area contributed by atoms with E-state index in [1.807, 2.05) is 0 Å². The number of alkyl halides is 2. The van der Waals surface area contributed by atoms with Crippen molar-refractivity contribution in [3.63, 3.8) is 0 Å². The van der Waals surface area contributed by atoms with Crippen LogP contribution in [0.3, 0.4) is 0 Å². The molecule has 2 N–H and O–H groups in total. The number of anilines is 2. The second kappa shape index (κ2) is 7.58. The van der Waals surface area contributed by atoms with Crippen LogP contribution < -0.4 is 9.44 Å². The molecular formula is C14H14F2N2O4S3. The Morgan fingerprint density at radius 3 is 2.12 bits per heavy atom. The SMILES string of the molecule is CS(=O)(=O)Nc1cccc(S(=O)(=O)Nc2ccc(SC(F)F)cc2)c1. The molecule has 0 aliphatic heterocycles. The highest BCUT2D eigenvalue weighted by Gasteiger charge is 2.16. The van der Waals surface area contributed by atoms with E-state index in [0.717, 1.165) is 6.26 Å². The van der Waals surface area contributed by atoms with Crippen LogP contribution in [0.5, 0.6) is 0 Å². The summed E-state index contributed by atoms with van der Waals surface area (Å²) in [6.07, 6.45) is 0.950. The fourth-order valence-electron chi connectivity index (χ4n) is 1.86. The first kappa shape index (κ1) is 19.5. The summed E-state index contributed by atoms with van der Waals surface area (Å²) in [5.74, 6) is -2.56. The van der Waals surface area contributed by atoms with E-state index in [9.17, 15) is 25.6 Å². The van der Waals surface area contributed by atoms with Crippen LogP contribution in [0.2, 0.25) is 0 Å².